The van der Waals surface area contributed by atoms with Crippen LogP contribution in [-0.4, -0.2) is 28.0 Å². The molecule has 0 unspecified atom stereocenters. The molecule has 2 heterocycles. The Labute approximate surface area is 147 Å². The molecule has 24 heavy (non-hydrogen) atoms. The van der Waals surface area contributed by atoms with Crippen LogP contribution in [0, 0.1) is 0 Å². The highest BCUT2D eigenvalue weighted by Gasteiger charge is 2.23. The third-order valence-electron chi connectivity index (χ3n) is 4.37. The number of hydrogen-bond acceptors (Lipinski definition) is 3. The summed E-state index contributed by atoms with van der Waals surface area (Å²) in [7, 11) is 1.92. The van der Waals surface area contributed by atoms with Crippen molar-refractivity contribution >= 4 is 23.2 Å². The Kier molecular flexibility index (Phi) is 4.81. The summed E-state index contributed by atoms with van der Waals surface area (Å²) in [4.78, 5) is 19.2. The van der Waals surface area contributed by atoms with Crippen molar-refractivity contribution in [2.24, 2.45) is 7.05 Å². The molecule has 0 aliphatic carbocycles. The van der Waals surface area contributed by atoms with Gasteiger partial charge in [0.1, 0.15) is 11.0 Å². The van der Waals surface area contributed by atoms with Crippen LogP contribution in [0.4, 0.5) is 5.69 Å². The number of nitrogens with one attached hydrogen (secondary N) is 1. The van der Waals surface area contributed by atoms with E-state index in [4.69, 9.17) is 11.6 Å². The zero-order valence-corrected chi connectivity index (χ0v) is 15.1. The molecule has 0 bridgehead atoms. The minimum absolute atomic E-state index is 0.00346. The molecule has 3 rings (SSSR count). The van der Waals surface area contributed by atoms with Crippen molar-refractivity contribution in [2.45, 2.75) is 39.3 Å². The van der Waals surface area contributed by atoms with E-state index in [1.807, 2.05) is 37.6 Å². The SMILES string of the molecule is CC(C)NC(=O)c1cccc2c1CCCN2Cc1ncc(Cl)n1C. The summed E-state index contributed by atoms with van der Waals surface area (Å²) < 4.78 is 1.89. The van der Waals surface area contributed by atoms with Crippen LogP contribution < -0.4 is 10.2 Å². The number of anilines is 1. The Morgan fingerprint density at radius 1 is 1.42 bits per heavy atom. The molecule has 0 radical (unpaired) electrons. The van der Waals surface area contributed by atoms with E-state index in [9.17, 15) is 4.79 Å². The molecule has 0 saturated carbocycles. The van der Waals surface area contributed by atoms with Crippen molar-refractivity contribution in [3.05, 3.63) is 46.5 Å². The number of amides is 1. The van der Waals surface area contributed by atoms with Crippen LogP contribution in [0.25, 0.3) is 0 Å². The number of carbonyl (C=O) groups excluding carboxylic acids is 1. The van der Waals surface area contributed by atoms with E-state index in [0.717, 1.165) is 42.0 Å². The molecule has 6 heteroatoms. The molecule has 1 aliphatic heterocycles. The van der Waals surface area contributed by atoms with Gasteiger partial charge in [0, 0.05) is 30.9 Å². The standard InChI is InChI=1S/C18H23ClN4O/c1-12(2)21-18(24)14-6-4-8-15-13(14)7-5-9-23(15)11-17-20-10-16(19)22(17)3/h4,6,8,10,12H,5,7,9,11H2,1-3H3,(H,21,24). The van der Waals surface area contributed by atoms with Gasteiger partial charge in [-0.3, -0.25) is 4.79 Å². The van der Waals surface area contributed by atoms with Crippen molar-refractivity contribution in [2.75, 3.05) is 11.4 Å². The summed E-state index contributed by atoms with van der Waals surface area (Å²) in [6.07, 6.45) is 3.63. The quantitative estimate of drug-likeness (QED) is 0.925. The van der Waals surface area contributed by atoms with E-state index < -0.39 is 0 Å². The first kappa shape index (κ1) is 16.8. The van der Waals surface area contributed by atoms with Gasteiger partial charge in [0.05, 0.1) is 12.7 Å². The molecule has 128 valence electrons. The van der Waals surface area contributed by atoms with Gasteiger partial charge in [0.2, 0.25) is 0 Å². The predicted molar refractivity (Wildman–Crippen MR) is 96.6 cm³/mol. The van der Waals surface area contributed by atoms with Gasteiger partial charge in [0.25, 0.3) is 5.91 Å². The molecular formula is C18H23ClN4O. The summed E-state index contributed by atoms with van der Waals surface area (Å²) in [6.45, 7) is 5.59. The number of benzene rings is 1. The number of rotatable bonds is 4. The number of carbonyl (C=O) groups is 1. The van der Waals surface area contributed by atoms with Crippen LogP contribution in [0.5, 0.6) is 0 Å². The normalized spacial score (nSPS) is 14.0. The molecule has 1 aromatic heterocycles. The third kappa shape index (κ3) is 3.26. The minimum Gasteiger partial charge on any atom is -0.364 e. The average molecular weight is 347 g/mol. The van der Waals surface area contributed by atoms with Gasteiger partial charge in [-0.2, -0.15) is 0 Å². The number of nitrogens with zero attached hydrogens (tertiary/aromatic N) is 3. The summed E-state index contributed by atoms with van der Waals surface area (Å²) >= 11 is 6.09. The number of halogens is 1. The van der Waals surface area contributed by atoms with E-state index in [2.05, 4.69) is 21.3 Å². The summed E-state index contributed by atoms with van der Waals surface area (Å²) in [6, 6.07) is 6.09. The molecule has 0 spiro atoms. The Bertz CT molecular complexity index is 753. The first-order valence-corrected chi connectivity index (χ1v) is 8.69. The summed E-state index contributed by atoms with van der Waals surface area (Å²) in [5.74, 6) is 0.925. The molecule has 1 N–H and O–H groups in total. The fourth-order valence-electron chi connectivity index (χ4n) is 3.16. The largest absolute Gasteiger partial charge is 0.364 e. The highest BCUT2D eigenvalue weighted by atomic mass is 35.5. The van der Waals surface area contributed by atoms with E-state index >= 15 is 0 Å². The summed E-state index contributed by atoms with van der Waals surface area (Å²) in [5.41, 5.74) is 3.03. The number of aromatic nitrogens is 2. The predicted octanol–water partition coefficient (Wildman–Crippen LogP) is 3.16. The molecule has 1 amide bonds. The minimum atomic E-state index is 0.00346. The third-order valence-corrected chi connectivity index (χ3v) is 4.72. The first-order valence-electron chi connectivity index (χ1n) is 8.31. The van der Waals surface area contributed by atoms with Crippen molar-refractivity contribution in [1.29, 1.82) is 0 Å². The highest BCUT2D eigenvalue weighted by molar-refractivity contribution is 6.29. The topological polar surface area (TPSA) is 50.2 Å². The van der Waals surface area contributed by atoms with Gasteiger partial charge in [-0.25, -0.2) is 4.98 Å². The van der Waals surface area contributed by atoms with E-state index in [0.29, 0.717) is 11.7 Å². The maximum atomic E-state index is 12.5. The molecule has 1 aliphatic rings. The zero-order chi connectivity index (χ0) is 17.3. The maximum Gasteiger partial charge on any atom is 0.251 e. The second-order valence-electron chi connectivity index (χ2n) is 6.51. The monoisotopic (exact) mass is 346 g/mol. The lowest BCUT2D eigenvalue weighted by molar-refractivity contribution is 0.0942. The van der Waals surface area contributed by atoms with Gasteiger partial charge < -0.3 is 14.8 Å². The van der Waals surface area contributed by atoms with Crippen LogP contribution in [0.15, 0.2) is 24.4 Å². The van der Waals surface area contributed by atoms with Crippen molar-refractivity contribution in [3.8, 4) is 0 Å². The molecule has 1 aromatic carbocycles. The number of imidazole rings is 1. The molecule has 5 nitrogen and oxygen atoms in total. The van der Waals surface area contributed by atoms with Crippen molar-refractivity contribution in [3.63, 3.8) is 0 Å². The van der Waals surface area contributed by atoms with Crippen LogP contribution in [0.2, 0.25) is 5.15 Å². The second kappa shape index (κ2) is 6.85. The van der Waals surface area contributed by atoms with Crippen LogP contribution >= 0.6 is 11.6 Å². The second-order valence-corrected chi connectivity index (χ2v) is 6.90. The Morgan fingerprint density at radius 2 is 2.21 bits per heavy atom. The van der Waals surface area contributed by atoms with E-state index in [-0.39, 0.29) is 11.9 Å². The van der Waals surface area contributed by atoms with Crippen molar-refractivity contribution < 1.29 is 4.79 Å². The molecule has 0 saturated heterocycles. The first-order chi connectivity index (χ1) is 11.5. The smallest absolute Gasteiger partial charge is 0.251 e. The van der Waals surface area contributed by atoms with E-state index in [1.54, 1.807) is 6.20 Å². The van der Waals surface area contributed by atoms with Crippen LogP contribution in [-0.2, 0) is 20.0 Å². The lowest BCUT2D eigenvalue weighted by Crippen LogP contribution is -2.34. The summed E-state index contributed by atoms with van der Waals surface area (Å²) in [5, 5.41) is 3.63. The van der Waals surface area contributed by atoms with Gasteiger partial charge in [0.15, 0.2) is 0 Å². The van der Waals surface area contributed by atoms with Crippen LogP contribution in [0.3, 0.4) is 0 Å². The van der Waals surface area contributed by atoms with Gasteiger partial charge in [-0.1, -0.05) is 17.7 Å². The average Bonchev–Trinajstić information content (AvgIpc) is 2.86. The van der Waals surface area contributed by atoms with Crippen LogP contribution in [0.1, 0.15) is 42.0 Å². The van der Waals surface area contributed by atoms with Crippen molar-refractivity contribution in [1.82, 2.24) is 14.9 Å². The zero-order valence-electron chi connectivity index (χ0n) is 14.3. The fraction of sp³-hybridized carbons (Fsp3) is 0.444. The highest BCUT2D eigenvalue weighted by Crippen LogP contribution is 2.31. The lowest BCUT2D eigenvalue weighted by Gasteiger charge is -2.32. The molecule has 0 atom stereocenters. The Balaban J connectivity index is 1.90. The number of fused-ring (bicyclic) bond motifs is 1. The lowest BCUT2D eigenvalue weighted by atomic mass is 9.95. The van der Waals surface area contributed by atoms with Gasteiger partial charge in [-0.05, 0) is 44.4 Å². The van der Waals surface area contributed by atoms with E-state index in [1.165, 1.54) is 0 Å². The molecule has 0 fully saturated rings. The molecular weight excluding hydrogens is 324 g/mol. The molecule has 2 aromatic rings. The Hall–Kier alpha value is -2.01. The Morgan fingerprint density at radius 3 is 2.88 bits per heavy atom. The maximum absolute atomic E-state index is 12.5. The fourth-order valence-corrected chi connectivity index (χ4v) is 3.31. The van der Waals surface area contributed by atoms with Gasteiger partial charge in [-0.15, -0.1) is 0 Å². The van der Waals surface area contributed by atoms with Gasteiger partial charge >= 0.3 is 0 Å². The number of hydrogen-bond donors (Lipinski definition) is 1.